The molecule has 7 heteroatoms. The number of hydrogen-bond donors (Lipinski definition) is 3. The molecule has 1 amide bonds. The van der Waals surface area contributed by atoms with E-state index in [0.29, 0.717) is 10.2 Å². The predicted octanol–water partition coefficient (Wildman–Crippen LogP) is -0.150. The van der Waals surface area contributed by atoms with E-state index in [9.17, 15) is 4.79 Å². The van der Waals surface area contributed by atoms with Crippen molar-refractivity contribution in [2.75, 3.05) is 11.5 Å². The third-order valence-electron chi connectivity index (χ3n) is 2.15. The van der Waals surface area contributed by atoms with Gasteiger partial charge in [-0.1, -0.05) is 11.3 Å². The number of amides is 1. The van der Waals surface area contributed by atoms with E-state index in [4.69, 9.17) is 22.5 Å². The summed E-state index contributed by atoms with van der Waals surface area (Å²) in [6.07, 6.45) is 0. The molecule has 80 valence electrons. The molecule has 2 aromatic rings. The molecular weight excluding hydrogens is 226 g/mol. The zero-order valence-corrected chi connectivity index (χ0v) is 8.89. The fourth-order valence-corrected chi connectivity index (χ4v) is 2.34. The van der Waals surface area contributed by atoms with Crippen LogP contribution in [0.15, 0.2) is 6.07 Å². The lowest BCUT2D eigenvalue weighted by atomic mass is 10.2. The van der Waals surface area contributed by atoms with Crippen molar-refractivity contribution >= 4 is 39.0 Å². The molecule has 0 fully saturated rings. The van der Waals surface area contributed by atoms with Gasteiger partial charge in [0.25, 0.3) is 11.7 Å². The van der Waals surface area contributed by atoms with Gasteiger partial charge < -0.3 is 11.5 Å². The minimum Gasteiger partial charge on any atom is -0.397 e. The number of carbonyl (C=O) groups is 1. The Bertz CT molecular complexity index is 639. The Morgan fingerprint density at radius 2 is 2.19 bits per heavy atom. The summed E-state index contributed by atoms with van der Waals surface area (Å²) in [5, 5.41) is 9.39. The Morgan fingerprint density at radius 3 is 2.75 bits per heavy atom. The summed E-state index contributed by atoms with van der Waals surface area (Å²) in [4.78, 5) is 14.8. The van der Waals surface area contributed by atoms with E-state index >= 15 is 0 Å². The lowest BCUT2D eigenvalue weighted by Gasteiger charge is -1.93. The van der Waals surface area contributed by atoms with Crippen molar-refractivity contribution in [3.8, 4) is 6.07 Å². The van der Waals surface area contributed by atoms with Crippen molar-refractivity contribution in [2.45, 2.75) is 0 Å². The van der Waals surface area contributed by atoms with E-state index in [1.54, 1.807) is 6.07 Å². The molecule has 2 aromatic heterocycles. The number of primary amides is 1. The van der Waals surface area contributed by atoms with Crippen LogP contribution in [0.4, 0.5) is 11.5 Å². The minimum absolute atomic E-state index is 0.243. The smallest absolute Gasteiger partial charge is 0.289 e. The predicted molar refractivity (Wildman–Crippen MR) is 60.4 cm³/mol. The van der Waals surface area contributed by atoms with Crippen molar-refractivity contribution in [3.05, 3.63) is 16.5 Å². The Kier molecular flexibility index (Phi) is 2.14. The van der Waals surface area contributed by atoms with Crippen molar-refractivity contribution in [2.24, 2.45) is 5.73 Å². The van der Waals surface area contributed by atoms with Crippen LogP contribution in [0.3, 0.4) is 0 Å². The van der Waals surface area contributed by atoms with Crippen LogP contribution in [0.25, 0.3) is 10.2 Å². The Balaban J connectivity index is 2.84. The second-order valence-electron chi connectivity index (χ2n) is 3.16. The number of nitrogens with one attached hydrogen (secondary N) is 1. The van der Waals surface area contributed by atoms with Crippen LogP contribution < -0.4 is 22.2 Å². The number of nitriles is 1. The molecule has 0 atom stereocenters. The largest absolute Gasteiger partial charge is 0.397 e. The molecule has 0 aliphatic rings. The number of pyridine rings is 1. The fraction of sp³-hybridized carbons (Fsp3) is 0. The molecular formula is C9H8N5OS+. The van der Waals surface area contributed by atoms with E-state index in [-0.39, 0.29) is 21.9 Å². The second kappa shape index (κ2) is 3.36. The molecule has 0 unspecified atom stereocenters. The van der Waals surface area contributed by atoms with Gasteiger partial charge in [0.1, 0.15) is 16.5 Å². The Morgan fingerprint density at radius 1 is 1.50 bits per heavy atom. The van der Waals surface area contributed by atoms with Crippen LogP contribution in [0.5, 0.6) is 0 Å². The standard InChI is InChI=1S/C9H7N5OS/c10-2-3-1-4-5(11)6(8(13)15)16-9(4)14-7(3)12/h1H,11H2,(H2,12,14)(H2,13,15)/p+1. The average molecular weight is 234 g/mol. The number of nitrogen functional groups attached to an aromatic ring is 2. The third-order valence-corrected chi connectivity index (χ3v) is 3.31. The highest BCUT2D eigenvalue weighted by molar-refractivity contribution is 7.20. The average Bonchev–Trinajstić information content (AvgIpc) is 2.54. The molecule has 0 bridgehead atoms. The molecule has 0 radical (unpaired) electrons. The summed E-state index contributed by atoms with van der Waals surface area (Å²) < 4.78 is 0. The number of anilines is 2. The SMILES string of the molecule is N#Cc1cc2c(N)c(C(N)=O)sc2[nH+]c1N. The van der Waals surface area contributed by atoms with E-state index in [0.717, 1.165) is 11.3 Å². The minimum atomic E-state index is -0.593. The molecule has 0 saturated heterocycles. The van der Waals surface area contributed by atoms with Crippen molar-refractivity contribution < 1.29 is 9.78 Å². The first-order chi connectivity index (χ1) is 7.54. The van der Waals surface area contributed by atoms with Crippen molar-refractivity contribution in [1.29, 1.82) is 5.26 Å². The first-order valence-electron chi connectivity index (χ1n) is 4.28. The Hall–Kier alpha value is -2.33. The first-order valence-corrected chi connectivity index (χ1v) is 5.10. The van der Waals surface area contributed by atoms with Gasteiger partial charge in [0.05, 0.1) is 11.1 Å². The maximum atomic E-state index is 11.1. The molecule has 6 nitrogen and oxygen atoms in total. The Labute approximate surface area is 94.3 Å². The highest BCUT2D eigenvalue weighted by atomic mass is 32.1. The number of fused-ring (bicyclic) bond motifs is 1. The highest BCUT2D eigenvalue weighted by Gasteiger charge is 2.18. The number of carbonyl (C=O) groups excluding carboxylic acids is 1. The molecule has 16 heavy (non-hydrogen) atoms. The van der Waals surface area contributed by atoms with Crippen LogP contribution in [0.2, 0.25) is 0 Å². The number of aromatic nitrogens is 1. The van der Waals surface area contributed by atoms with Gasteiger partial charge in [-0.05, 0) is 6.07 Å². The number of hydrogen-bond acceptors (Lipinski definition) is 5. The van der Waals surface area contributed by atoms with Gasteiger partial charge in [0.15, 0.2) is 4.83 Å². The molecule has 7 N–H and O–H groups in total. The number of H-pyrrole nitrogens is 1. The first kappa shape index (κ1) is 10.2. The second-order valence-corrected chi connectivity index (χ2v) is 4.18. The quantitative estimate of drug-likeness (QED) is 0.632. The summed E-state index contributed by atoms with van der Waals surface area (Å²) in [6, 6.07) is 3.47. The van der Waals surface area contributed by atoms with Gasteiger partial charge in [-0.15, -0.1) is 0 Å². The van der Waals surface area contributed by atoms with Gasteiger partial charge >= 0.3 is 0 Å². The van der Waals surface area contributed by atoms with E-state index in [1.165, 1.54) is 0 Å². The summed E-state index contributed by atoms with van der Waals surface area (Å²) in [7, 11) is 0. The molecule has 0 aliphatic heterocycles. The van der Waals surface area contributed by atoms with Gasteiger partial charge in [-0.25, -0.2) is 4.98 Å². The maximum absolute atomic E-state index is 11.1. The fourth-order valence-electron chi connectivity index (χ4n) is 1.38. The monoisotopic (exact) mass is 234 g/mol. The molecule has 2 rings (SSSR count). The number of rotatable bonds is 1. The van der Waals surface area contributed by atoms with Crippen LogP contribution in [0, 0.1) is 11.3 Å². The van der Waals surface area contributed by atoms with Crippen LogP contribution in [-0.4, -0.2) is 5.91 Å². The lowest BCUT2D eigenvalue weighted by Crippen LogP contribution is -2.11. The number of nitrogens with two attached hydrogens (primary N) is 3. The van der Waals surface area contributed by atoms with Crippen LogP contribution >= 0.6 is 11.3 Å². The normalized spacial score (nSPS) is 10.2. The van der Waals surface area contributed by atoms with E-state index in [2.05, 4.69) is 4.98 Å². The molecule has 0 aliphatic carbocycles. The van der Waals surface area contributed by atoms with E-state index in [1.807, 2.05) is 6.07 Å². The van der Waals surface area contributed by atoms with Gasteiger partial charge in [-0.2, -0.15) is 5.26 Å². The molecule has 2 heterocycles. The third kappa shape index (κ3) is 1.32. The number of aromatic amines is 1. The van der Waals surface area contributed by atoms with Crippen LogP contribution in [-0.2, 0) is 0 Å². The number of nitrogens with zero attached hydrogens (tertiary/aromatic N) is 1. The van der Waals surface area contributed by atoms with Crippen molar-refractivity contribution in [1.82, 2.24) is 0 Å². The topological polar surface area (TPSA) is 133 Å². The van der Waals surface area contributed by atoms with Gasteiger partial charge in [0, 0.05) is 0 Å². The lowest BCUT2D eigenvalue weighted by molar-refractivity contribution is -0.323. The summed E-state index contributed by atoms with van der Waals surface area (Å²) in [6.45, 7) is 0. The summed E-state index contributed by atoms with van der Waals surface area (Å²) in [5.74, 6) is -0.351. The molecule has 0 aromatic carbocycles. The molecule has 0 spiro atoms. The summed E-state index contributed by atoms with van der Waals surface area (Å²) in [5.41, 5.74) is 17.1. The zero-order valence-electron chi connectivity index (χ0n) is 8.07. The highest BCUT2D eigenvalue weighted by Crippen LogP contribution is 2.31. The van der Waals surface area contributed by atoms with E-state index < -0.39 is 5.91 Å². The zero-order chi connectivity index (χ0) is 11.9. The van der Waals surface area contributed by atoms with Crippen LogP contribution in [0.1, 0.15) is 15.2 Å². The van der Waals surface area contributed by atoms with Gasteiger partial charge in [-0.3, -0.25) is 10.5 Å². The number of thiophene rings is 1. The van der Waals surface area contributed by atoms with Crippen molar-refractivity contribution in [3.63, 3.8) is 0 Å². The summed E-state index contributed by atoms with van der Waals surface area (Å²) >= 11 is 1.12. The maximum Gasteiger partial charge on any atom is 0.289 e. The van der Waals surface area contributed by atoms with Gasteiger partial charge in [0.2, 0.25) is 0 Å². The molecule has 0 saturated carbocycles.